The Morgan fingerprint density at radius 3 is 2.35 bits per heavy atom. The number of hydrogen-bond donors (Lipinski definition) is 1. The van der Waals surface area contributed by atoms with Crippen LogP contribution in [0.5, 0.6) is 0 Å². The minimum Gasteiger partial charge on any atom is -0.465 e. The molecule has 0 aliphatic heterocycles. The van der Waals surface area contributed by atoms with Crippen LogP contribution in [0, 0.1) is 0 Å². The first kappa shape index (κ1) is 24.3. The molecule has 2 rings (SSSR count). The molecule has 166 valence electrons. The van der Waals surface area contributed by atoms with Crippen molar-refractivity contribution < 1.29 is 32.3 Å². The Hall–Kier alpha value is -2.95. The van der Waals surface area contributed by atoms with Crippen molar-refractivity contribution in [3.05, 3.63) is 59.1 Å². The van der Waals surface area contributed by atoms with Gasteiger partial charge in [-0.2, -0.15) is 0 Å². The van der Waals surface area contributed by atoms with Gasteiger partial charge in [0.15, 0.2) is 6.61 Å². The highest BCUT2D eigenvalue weighted by atomic mass is 35.5. The van der Waals surface area contributed by atoms with E-state index in [1.54, 1.807) is 37.3 Å². The molecule has 2 aromatic carbocycles. The van der Waals surface area contributed by atoms with Crippen LogP contribution in [0.15, 0.2) is 53.4 Å². The van der Waals surface area contributed by atoms with Crippen LogP contribution < -0.4 is 9.62 Å². The van der Waals surface area contributed by atoms with E-state index in [0.717, 1.165) is 11.0 Å². The molecule has 1 N–H and O–H groups in total. The monoisotopic (exact) mass is 468 g/mol. The summed E-state index contributed by atoms with van der Waals surface area (Å²) in [6.07, 6.45) is 0. The second-order valence-electron chi connectivity index (χ2n) is 6.05. The number of carbonyl (C=O) groups excluding carboxylic acids is 3. The number of halogens is 1. The van der Waals surface area contributed by atoms with E-state index in [1.807, 2.05) is 0 Å². The third kappa shape index (κ3) is 6.51. The van der Waals surface area contributed by atoms with Crippen molar-refractivity contribution in [2.75, 3.05) is 31.7 Å². The predicted molar refractivity (Wildman–Crippen MR) is 113 cm³/mol. The van der Waals surface area contributed by atoms with E-state index in [9.17, 15) is 22.8 Å². The van der Waals surface area contributed by atoms with Crippen LogP contribution in [0.4, 0.5) is 5.69 Å². The van der Waals surface area contributed by atoms with Crippen LogP contribution in [0.1, 0.15) is 17.3 Å². The van der Waals surface area contributed by atoms with E-state index in [4.69, 9.17) is 21.1 Å². The Balaban J connectivity index is 2.18. The van der Waals surface area contributed by atoms with Crippen LogP contribution in [0.25, 0.3) is 0 Å². The molecule has 0 bridgehead atoms. The standard InChI is InChI=1S/C20H21ClN2O7S/c1-3-29-19(25)12-23(14-7-5-4-6-8-14)18(24)13-30-20(26)16-11-15(9-10-17(16)21)31(27,28)22-2/h4-11,22H,3,12-13H2,1-2H3. The first-order chi connectivity index (χ1) is 14.7. The number of rotatable bonds is 9. The summed E-state index contributed by atoms with van der Waals surface area (Å²) < 4.78 is 35.9. The summed E-state index contributed by atoms with van der Waals surface area (Å²) in [5.41, 5.74) is 0.194. The molecule has 31 heavy (non-hydrogen) atoms. The van der Waals surface area contributed by atoms with E-state index < -0.39 is 34.5 Å². The molecular formula is C20H21ClN2O7S. The van der Waals surface area contributed by atoms with Gasteiger partial charge in [0.25, 0.3) is 5.91 Å². The Kier molecular flexibility index (Phi) is 8.55. The van der Waals surface area contributed by atoms with Gasteiger partial charge in [-0.25, -0.2) is 17.9 Å². The van der Waals surface area contributed by atoms with E-state index in [-0.39, 0.29) is 28.6 Å². The smallest absolute Gasteiger partial charge is 0.340 e. The van der Waals surface area contributed by atoms with Crippen molar-refractivity contribution >= 4 is 45.2 Å². The Morgan fingerprint density at radius 2 is 1.74 bits per heavy atom. The molecule has 0 fully saturated rings. The van der Waals surface area contributed by atoms with E-state index in [0.29, 0.717) is 5.69 Å². The third-order valence-electron chi connectivity index (χ3n) is 4.02. The average molecular weight is 469 g/mol. The molecule has 0 aromatic heterocycles. The van der Waals surface area contributed by atoms with E-state index >= 15 is 0 Å². The maximum Gasteiger partial charge on any atom is 0.340 e. The molecule has 0 aliphatic rings. The van der Waals surface area contributed by atoms with Crippen molar-refractivity contribution in [3.8, 4) is 0 Å². The second-order valence-corrected chi connectivity index (χ2v) is 8.34. The van der Waals surface area contributed by atoms with Gasteiger partial charge in [-0.15, -0.1) is 0 Å². The van der Waals surface area contributed by atoms with Crippen LogP contribution in [0.3, 0.4) is 0 Å². The minimum atomic E-state index is -3.81. The molecule has 0 unspecified atom stereocenters. The van der Waals surface area contributed by atoms with Crippen LogP contribution in [0.2, 0.25) is 5.02 Å². The Labute approximate surface area is 184 Å². The van der Waals surface area contributed by atoms with Gasteiger partial charge in [0.05, 0.1) is 22.1 Å². The maximum absolute atomic E-state index is 12.7. The molecule has 0 radical (unpaired) electrons. The summed E-state index contributed by atoms with van der Waals surface area (Å²) in [4.78, 5) is 37.9. The predicted octanol–water partition coefficient (Wildman–Crippen LogP) is 2.00. The number of nitrogens with zero attached hydrogens (tertiary/aromatic N) is 1. The molecule has 0 spiro atoms. The summed E-state index contributed by atoms with van der Waals surface area (Å²) in [7, 11) is -2.59. The zero-order valence-corrected chi connectivity index (χ0v) is 18.4. The van der Waals surface area contributed by atoms with Crippen LogP contribution >= 0.6 is 11.6 Å². The van der Waals surface area contributed by atoms with Crippen molar-refractivity contribution in [2.45, 2.75) is 11.8 Å². The number of para-hydroxylation sites is 1. The van der Waals surface area contributed by atoms with E-state index in [1.165, 1.54) is 19.2 Å². The SMILES string of the molecule is CCOC(=O)CN(C(=O)COC(=O)c1cc(S(=O)(=O)NC)ccc1Cl)c1ccccc1. The van der Waals surface area contributed by atoms with Gasteiger partial charge in [-0.3, -0.25) is 14.5 Å². The summed E-state index contributed by atoms with van der Waals surface area (Å²) in [5, 5.41) is -0.0426. The summed E-state index contributed by atoms with van der Waals surface area (Å²) >= 11 is 5.99. The fourth-order valence-electron chi connectivity index (χ4n) is 2.50. The molecule has 0 aliphatic carbocycles. The van der Waals surface area contributed by atoms with Crippen LogP contribution in [-0.4, -0.2) is 53.1 Å². The summed E-state index contributed by atoms with van der Waals surface area (Å²) in [5.74, 6) is -2.29. The molecule has 0 atom stereocenters. The Morgan fingerprint density at radius 1 is 1.06 bits per heavy atom. The van der Waals surface area contributed by atoms with Crippen LogP contribution in [-0.2, 0) is 29.1 Å². The lowest BCUT2D eigenvalue weighted by Gasteiger charge is -2.21. The number of nitrogens with one attached hydrogen (secondary N) is 1. The molecule has 9 nitrogen and oxygen atoms in total. The van der Waals surface area contributed by atoms with Gasteiger partial charge < -0.3 is 9.47 Å². The number of benzene rings is 2. The number of amides is 1. The van der Waals surface area contributed by atoms with Gasteiger partial charge in [0.1, 0.15) is 6.54 Å². The zero-order valence-electron chi connectivity index (χ0n) is 16.8. The van der Waals surface area contributed by atoms with Gasteiger partial charge in [0, 0.05) is 5.69 Å². The van der Waals surface area contributed by atoms with Gasteiger partial charge in [-0.05, 0) is 44.3 Å². The lowest BCUT2D eigenvalue weighted by atomic mass is 10.2. The van der Waals surface area contributed by atoms with Gasteiger partial charge in [-0.1, -0.05) is 29.8 Å². The number of hydrogen-bond acceptors (Lipinski definition) is 7. The Bertz CT molecular complexity index is 1060. The van der Waals surface area contributed by atoms with Gasteiger partial charge >= 0.3 is 11.9 Å². The quantitative estimate of drug-likeness (QED) is 0.559. The number of ether oxygens (including phenoxy) is 2. The van der Waals surface area contributed by atoms with Crippen molar-refractivity contribution in [1.29, 1.82) is 0 Å². The van der Waals surface area contributed by atoms with Crippen molar-refractivity contribution in [1.82, 2.24) is 4.72 Å². The molecule has 0 saturated heterocycles. The summed E-state index contributed by atoms with van der Waals surface area (Å²) in [6.45, 7) is 0.715. The molecular weight excluding hydrogens is 448 g/mol. The highest BCUT2D eigenvalue weighted by Gasteiger charge is 2.23. The number of sulfonamides is 1. The van der Waals surface area contributed by atoms with Gasteiger partial charge in [0.2, 0.25) is 10.0 Å². The zero-order chi connectivity index (χ0) is 23.0. The normalized spacial score (nSPS) is 10.9. The average Bonchev–Trinajstić information content (AvgIpc) is 2.76. The first-order valence-corrected chi connectivity index (χ1v) is 11.0. The third-order valence-corrected chi connectivity index (χ3v) is 5.77. The highest BCUT2D eigenvalue weighted by Crippen LogP contribution is 2.21. The number of esters is 2. The molecule has 1 amide bonds. The lowest BCUT2D eigenvalue weighted by Crippen LogP contribution is -2.39. The largest absolute Gasteiger partial charge is 0.465 e. The van der Waals surface area contributed by atoms with Crippen molar-refractivity contribution in [3.63, 3.8) is 0 Å². The molecule has 2 aromatic rings. The summed E-state index contributed by atoms with van der Waals surface area (Å²) in [6, 6.07) is 11.8. The fourth-order valence-corrected chi connectivity index (χ4v) is 3.45. The fraction of sp³-hybridized carbons (Fsp3) is 0.250. The number of anilines is 1. The maximum atomic E-state index is 12.7. The lowest BCUT2D eigenvalue weighted by molar-refractivity contribution is -0.142. The molecule has 0 heterocycles. The molecule has 11 heteroatoms. The van der Waals surface area contributed by atoms with Crippen molar-refractivity contribution in [2.24, 2.45) is 0 Å². The first-order valence-electron chi connectivity index (χ1n) is 9.10. The second kappa shape index (κ2) is 10.9. The number of carbonyl (C=O) groups is 3. The topological polar surface area (TPSA) is 119 Å². The highest BCUT2D eigenvalue weighted by molar-refractivity contribution is 7.89. The molecule has 0 saturated carbocycles. The van der Waals surface area contributed by atoms with E-state index in [2.05, 4.69) is 4.72 Å². The minimum absolute atomic E-state index is 0.0426.